The average molecular weight is 355 g/mol. The van der Waals surface area contributed by atoms with Crippen molar-refractivity contribution in [1.29, 1.82) is 5.41 Å². The van der Waals surface area contributed by atoms with Gasteiger partial charge in [0.2, 0.25) is 0 Å². The first-order valence-electron chi connectivity index (χ1n) is 8.14. The van der Waals surface area contributed by atoms with Crippen LogP contribution in [-0.2, 0) is 4.74 Å². The van der Waals surface area contributed by atoms with E-state index in [1.807, 2.05) is 6.07 Å². The Hall–Kier alpha value is -2.88. The summed E-state index contributed by atoms with van der Waals surface area (Å²) in [7, 11) is 0. The van der Waals surface area contributed by atoms with Crippen molar-refractivity contribution in [1.82, 2.24) is 19.5 Å². The van der Waals surface area contributed by atoms with Gasteiger partial charge in [0.05, 0.1) is 12.7 Å². The number of aliphatic hydroxyl groups is 2. The van der Waals surface area contributed by atoms with E-state index in [0.29, 0.717) is 5.56 Å². The lowest BCUT2D eigenvalue weighted by molar-refractivity contribution is -0.0435. The first kappa shape index (κ1) is 16.6. The maximum absolute atomic E-state index is 12.6. The predicted octanol–water partition coefficient (Wildman–Crippen LogP) is -0.0932. The summed E-state index contributed by atoms with van der Waals surface area (Å²) in [4.78, 5) is 23.7. The number of rotatable bonds is 3. The van der Waals surface area contributed by atoms with Gasteiger partial charge in [-0.1, -0.05) is 30.3 Å². The molecule has 2 aromatic heterocycles. The molecule has 3 heterocycles. The first-order valence-corrected chi connectivity index (χ1v) is 8.14. The quantitative estimate of drug-likeness (QED) is 0.518. The SMILES string of the molecule is N=c1ncn([C@H]2C[C@H](O)[C@@H](CO)O2)c2[nH]c(=O)c(-c3ccccc3)nc12. The lowest BCUT2D eigenvalue weighted by Crippen LogP contribution is -2.25. The third-order valence-corrected chi connectivity index (χ3v) is 4.43. The lowest BCUT2D eigenvalue weighted by Gasteiger charge is -2.17. The minimum atomic E-state index is -0.827. The highest BCUT2D eigenvalue weighted by atomic mass is 16.5. The number of benzene rings is 1. The van der Waals surface area contributed by atoms with E-state index in [-0.39, 0.29) is 35.4 Å². The van der Waals surface area contributed by atoms with Crippen molar-refractivity contribution in [3.05, 3.63) is 52.5 Å². The lowest BCUT2D eigenvalue weighted by atomic mass is 10.1. The molecule has 0 saturated carbocycles. The van der Waals surface area contributed by atoms with Gasteiger partial charge in [-0.2, -0.15) is 0 Å². The summed E-state index contributed by atoms with van der Waals surface area (Å²) in [5.41, 5.74) is 0.856. The highest BCUT2D eigenvalue weighted by Gasteiger charge is 2.35. The standard InChI is InChI=1S/C17H17N5O4/c18-15-14-16(21-17(25)13(20-14)9-4-2-1-3-5-9)22(8-19-15)12-6-10(24)11(7-23)26-12/h1-5,8,10-12,18,23-24H,6-7H2,(H,21,25)/t10-,11+,12+/m0/s1. The van der Waals surface area contributed by atoms with E-state index >= 15 is 0 Å². The molecule has 3 atom stereocenters. The molecule has 0 amide bonds. The molecule has 9 nitrogen and oxygen atoms in total. The predicted molar refractivity (Wildman–Crippen MR) is 91.1 cm³/mol. The number of hydrogen-bond donors (Lipinski definition) is 4. The number of aromatic nitrogens is 4. The van der Waals surface area contributed by atoms with Crippen molar-refractivity contribution in [3.63, 3.8) is 0 Å². The number of fused-ring (bicyclic) bond motifs is 1. The van der Waals surface area contributed by atoms with E-state index in [0.717, 1.165) is 0 Å². The van der Waals surface area contributed by atoms with Gasteiger partial charge >= 0.3 is 0 Å². The van der Waals surface area contributed by atoms with Gasteiger partial charge in [-0.25, -0.2) is 9.97 Å². The van der Waals surface area contributed by atoms with Crippen LogP contribution in [0.2, 0.25) is 0 Å². The van der Waals surface area contributed by atoms with Gasteiger partial charge in [0.1, 0.15) is 35.5 Å². The Labute approximate surface area is 147 Å². The zero-order valence-electron chi connectivity index (χ0n) is 13.7. The van der Waals surface area contributed by atoms with Gasteiger partial charge in [0.25, 0.3) is 5.56 Å². The number of H-pyrrole nitrogens is 1. The molecule has 1 aliphatic heterocycles. The van der Waals surface area contributed by atoms with Gasteiger partial charge in [-0.15, -0.1) is 0 Å². The first-order chi connectivity index (χ1) is 12.6. The maximum atomic E-state index is 12.6. The molecular formula is C17H17N5O4. The topological polar surface area (TPSA) is 137 Å². The number of nitrogens with one attached hydrogen (secondary N) is 2. The molecular weight excluding hydrogens is 338 g/mol. The number of aliphatic hydroxyl groups excluding tert-OH is 2. The average Bonchev–Trinajstić information content (AvgIpc) is 3.03. The Morgan fingerprint density at radius 3 is 2.81 bits per heavy atom. The fourth-order valence-corrected chi connectivity index (χ4v) is 3.09. The third-order valence-electron chi connectivity index (χ3n) is 4.43. The second-order valence-electron chi connectivity index (χ2n) is 6.09. The second-order valence-corrected chi connectivity index (χ2v) is 6.09. The summed E-state index contributed by atoms with van der Waals surface area (Å²) in [6.07, 6.45) is -0.570. The summed E-state index contributed by atoms with van der Waals surface area (Å²) in [6, 6.07) is 8.97. The molecule has 4 rings (SSSR count). The van der Waals surface area contributed by atoms with Crippen LogP contribution in [0.15, 0.2) is 41.5 Å². The van der Waals surface area contributed by atoms with Gasteiger partial charge < -0.3 is 19.9 Å². The van der Waals surface area contributed by atoms with Crippen LogP contribution >= 0.6 is 0 Å². The molecule has 1 saturated heterocycles. The number of aromatic amines is 1. The summed E-state index contributed by atoms with van der Waals surface area (Å²) in [5, 5.41) is 27.2. The van der Waals surface area contributed by atoms with Crippen LogP contribution in [0.1, 0.15) is 12.6 Å². The monoisotopic (exact) mass is 355 g/mol. The summed E-state index contributed by atoms with van der Waals surface area (Å²) in [5.74, 6) is 0. The normalized spacial score (nSPS) is 22.8. The molecule has 9 heteroatoms. The molecule has 1 aliphatic rings. The largest absolute Gasteiger partial charge is 0.394 e. The van der Waals surface area contributed by atoms with Crippen molar-refractivity contribution in [2.45, 2.75) is 24.9 Å². The van der Waals surface area contributed by atoms with Gasteiger partial charge in [-0.05, 0) is 0 Å². The van der Waals surface area contributed by atoms with Crippen molar-refractivity contribution in [2.75, 3.05) is 6.61 Å². The van der Waals surface area contributed by atoms with Crippen molar-refractivity contribution in [3.8, 4) is 11.3 Å². The highest BCUT2D eigenvalue weighted by molar-refractivity contribution is 5.72. The summed E-state index contributed by atoms with van der Waals surface area (Å²) < 4.78 is 7.15. The highest BCUT2D eigenvalue weighted by Crippen LogP contribution is 2.29. The molecule has 26 heavy (non-hydrogen) atoms. The fraction of sp³-hybridized carbons (Fsp3) is 0.294. The van der Waals surface area contributed by atoms with E-state index < -0.39 is 24.0 Å². The molecule has 0 bridgehead atoms. The third kappa shape index (κ3) is 2.71. The van der Waals surface area contributed by atoms with Crippen LogP contribution in [0.25, 0.3) is 22.4 Å². The Morgan fingerprint density at radius 1 is 1.35 bits per heavy atom. The van der Waals surface area contributed by atoms with Crippen molar-refractivity contribution >= 4 is 11.2 Å². The van der Waals surface area contributed by atoms with Gasteiger partial charge in [-0.3, -0.25) is 14.8 Å². The van der Waals surface area contributed by atoms with E-state index in [1.165, 1.54) is 10.9 Å². The maximum Gasteiger partial charge on any atom is 0.276 e. The van der Waals surface area contributed by atoms with Crippen LogP contribution in [-0.4, -0.2) is 48.5 Å². The Kier molecular flexibility index (Phi) is 4.11. The number of hydrogen-bond acceptors (Lipinski definition) is 7. The molecule has 0 radical (unpaired) electrons. The molecule has 0 aliphatic carbocycles. The Bertz CT molecular complexity index is 1060. The van der Waals surface area contributed by atoms with Crippen molar-refractivity contribution in [2.24, 2.45) is 0 Å². The smallest absolute Gasteiger partial charge is 0.276 e. The minimum absolute atomic E-state index is 0.0815. The van der Waals surface area contributed by atoms with Crippen molar-refractivity contribution < 1.29 is 14.9 Å². The zero-order chi connectivity index (χ0) is 18.3. The van der Waals surface area contributed by atoms with Gasteiger partial charge in [0, 0.05) is 12.0 Å². The van der Waals surface area contributed by atoms with Gasteiger partial charge in [0.15, 0.2) is 5.49 Å². The summed E-state index contributed by atoms with van der Waals surface area (Å²) in [6.45, 7) is -0.312. The Morgan fingerprint density at radius 2 is 2.12 bits per heavy atom. The van der Waals surface area contributed by atoms with E-state index in [2.05, 4.69) is 15.0 Å². The summed E-state index contributed by atoms with van der Waals surface area (Å²) >= 11 is 0. The molecule has 0 spiro atoms. The Balaban J connectivity index is 1.88. The molecule has 0 unspecified atom stereocenters. The fourth-order valence-electron chi connectivity index (χ4n) is 3.09. The van der Waals surface area contributed by atoms with Crippen LogP contribution in [0.4, 0.5) is 0 Å². The van der Waals surface area contributed by atoms with Crippen LogP contribution in [0, 0.1) is 5.41 Å². The second kappa shape index (κ2) is 6.45. The van der Waals surface area contributed by atoms with Crippen LogP contribution in [0.3, 0.4) is 0 Å². The van der Waals surface area contributed by atoms with Crippen LogP contribution in [0.5, 0.6) is 0 Å². The van der Waals surface area contributed by atoms with Crippen LogP contribution < -0.4 is 11.0 Å². The molecule has 3 aromatic rings. The van der Waals surface area contributed by atoms with E-state index in [4.69, 9.17) is 10.1 Å². The minimum Gasteiger partial charge on any atom is -0.394 e. The molecule has 1 aromatic carbocycles. The number of ether oxygens (including phenoxy) is 1. The number of nitrogens with zero attached hydrogens (tertiary/aromatic N) is 3. The molecule has 4 N–H and O–H groups in total. The van der Waals surface area contributed by atoms with E-state index in [1.54, 1.807) is 24.3 Å². The van der Waals surface area contributed by atoms with E-state index in [9.17, 15) is 15.0 Å². The molecule has 134 valence electrons. The zero-order valence-corrected chi connectivity index (χ0v) is 13.7. The molecule has 1 fully saturated rings.